The van der Waals surface area contributed by atoms with Crippen molar-refractivity contribution in [2.75, 3.05) is 49.1 Å². The molecule has 6 heteroatoms. The molecule has 1 aromatic carbocycles. The molecule has 5 heterocycles. The van der Waals surface area contributed by atoms with Crippen molar-refractivity contribution in [3.05, 3.63) is 72.7 Å². The number of piperidine rings is 1. The summed E-state index contributed by atoms with van der Waals surface area (Å²) in [6.07, 6.45) is 6.46. The molecule has 2 aliphatic rings. The van der Waals surface area contributed by atoms with E-state index in [0.29, 0.717) is 6.04 Å². The fourth-order valence-corrected chi connectivity index (χ4v) is 5.42. The number of nitrogens with zero attached hydrogens (tertiary/aromatic N) is 5. The van der Waals surface area contributed by atoms with Crippen LogP contribution >= 0.6 is 0 Å². The molecule has 34 heavy (non-hydrogen) atoms. The number of aryl methyl sites for hydroxylation is 1. The number of anilines is 2. The molecule has 0 bridgehead atoms. The van der Waals surface area contributed by atoms with Gasteiger partial charge in [-0.1, -0.05) is 18.2 Å². The average molecular weight is 452 g/mol. The van der Waals surface area contributed by atoms with E-state index in [1.54, 1.807) is 0 Å². The molecule has 3 aromatic heterocycles. The first-order valence-corrected chi connectivity index (χ1v) is 12.4. The van der Waals surface area contributed by atoms with Gasteiger partial charge in [0, 0.05) is 72.5 Å². The molecule has 1 N–H and O–H groups in total. The summed E-state index contributed by atoms with van der Waals surface area (Å²) in [4.78, 5) is 14.7. The number of nitrogens with one attached hydrogen (secondary N) is 1. The minimum atomic E-state index is 0.476. The summed E-state index contributed by atoms with van der Waals surface area (Å²) in [6.45, 7) is 8.15. The zero-order valence-corrected chi connectivity index (χ0v) is 19.7. The van der Waals surface area contributed by atoms with E-state index in [1.807, 2.05) is 24.4 Å². The number of rotatable bonds is 4. The van der Waals surface area contributed by atoms with E-state index in [2.05, 4.69) is 74.2 Å². The number of pyridine rings is 2. The van der Waals surface area contributed by atoms with Gasteiger partial charge in [-0.25, -0.2) is 4.98 Å². The fraction of sp³-hybridized carbons (Fsp3) is 0.357. The summed E-state index contributed by atoms with van der Waals surface area (Å²) in [5.41, 5.74) is 5.87. The van der Waals surface area contributed by atoms with Gasteiger partial charge in [0.1, 0.15) is 11.5 Å². The van der Waals surface area contributed by atoms with E-state index in [4.69, 9.17) is 4.98 Å². The number of hydrogen-bond donors (Lipinski definition) is 1. The predicted molar refractivity (Wildman–Crippen MR) is 139 cm³/mol. The summed E-state index contributed by atoms with van der Waals surface area (Å²) in [7, 11) is 0. The van der Waals surface area contributed by atoms with Crippen LogP contribution in [0.25, 0.3) is 22.2 Å². The normalized spacial score (nSPS) is 17.4. The highest BCUT2D eigenvalue weighted by Gasteiger charge is 2.23. The van der Waals surface area contributed by atoms with Gasteiger partial charge in [0.05, 0.1) is 0 Å². The van der Waals surface area contributed by atoms with E-state index in [0.717, 1.165) is 69.3 Å². The SMILES string of the molecule is Cc1ncccc1-c1cn(C2CCNCC2)c2nc(N3CCN(c4cc[c]cc4)CC3)ccc12. The second-order valence-electron chi connectivity index (χ2n) is 9.34. The third-order valence-corrected chi connectivity index (χ3v) is 7.33. The van der Waals surface area contributed by atoms with Crippen molar-refractivity contribution in [1.29, 1.82) is 0 Å². The molecule has 0 saturated carbocycles. The molecule has 0 atom stereocenters. The Labute approximate surface area is 201 Å². The smallest absolute Gasteiger partial charge is 0.143 e. The molecule has 2 aliphatic heterocycles. The minimum absolute atomic E-state index is 0.476. The van der Waals surface area contributed by atoms with Crippen LogP contribution in [0.1, 0.15) is 24.6 Å². The highest BCUT2D eigenvalue weighted by Crippen LogP contribution is 2.36. The van der Waals surface area contributed by atoms with Crippen LogP contribution in [0.15, 0.2) is 60.9 Å². The van der Waals surface area contributed by atoms with Crippen LogP contribution in [0, 0.1) is 13.0 Å². The molecule has 0 aliphatic carbocycles. The lowest BCUT2D eigenvalue weighted by Crippen LogP contribution is -2.46. The number of aromatic nitrogens is 3. The van der Waals surface area contributed by atoms with Crippen LogP contribution in [-0.4, -0.2) is 53.8 Å². The molecule has 2 fully saturated rings. The largest absolute Gasteiger partial charge is 0.368 e. The molecular weight excluding hydrogens is 420 g/mol. The number of piperazine rings is 1. The van der Waals surface area contributed by atoms with Crippen LogP contribution in [0.5, 0.6) is 0 Å². The van der Waals surface area contributed by atoms with E-state index in [9.17, 15) is 0 Å². The van der Waals surface area contributed by atoms with Crippen molar-refractivity contribution >= 4 is 22.5 Å². The van der Waals surface area contributed by atoms with E-state index in [1.165, 1.54) is 22.2 Å². The van der Waals surface area contributed by atoms with Crippen LogP contribution in [0.3, 0.4) is 0 Å². The molecule has 6 rings (SSSR count). The Morgan fingerprint density at radius 2 is 1.68 bits per heavy atom. The highest BCUT2D eigenvalue weighted by molar-refractivity contribution is 5.95. The highest BCUT2D eigenvalue weighted by atomic mass is 15.3. The summed E-state index contributed by atoms with van der Waals surface area (Å²) >= 11 is 0. The van der Waals surface area contributed by atoms with Gasteiger partial charge in [-0.15, -0.1) is 0 Å². The number of hydrogen-bond acceptors (Lipinski definition) is 5. The molecule has 6 nitrogen and oxygen atoms in total. The van der Waals surface area contributed by atoms with Crippen LogP contribution in [0.4, 0.5) is 11.5 Å². The number of fused-ring (bicyclic) bond motifs is 1. The molecule has 0 unspecified atom stereocenters. The second kappa shape index (κ2) is 9.11. The summed E-state index contributed by atoms with van der Waals surface area (Å²) in [5.74, 6) is 1.08. The van der Waals surface area contributed by atoms with Gasteiger partial charge in [-0.05, 0) is 69.3 Å². The summed E-state index contributed by atoms with van der Waals surface area (Å²) in [5, 5.41) is 4.72. The van der Waals surface area contributed by atoms with Crippen molar-refractivity contribution in [2.24, 2.45) is 0 Å². The van der Waals surface area contributed by atoms with E-state index >= 15 is 0 Å². The van der Waals surface area contributed by atoms with Crippen molar-refractivity contribution in [3.8, 4) is 11.1 Å². The Hall–Kier alpha value is -3.38. The molecule has 173 valence electrons. The van der Waals surface area contributed by atoms with Gasteiger partial charge in [-0.3, -0.25) is 4.98 Å². The molecule has 4 aromatic rings. The van der Waals surface area contributed by atoms with Gasteiger partial charge in [0.15, 0.2) is 0 Å². The molecule has 1 radical (unpaired) electrons. The van der Waals surface area contributed by atoms with Crippen molar-refractivity contribution < 1.29 is 0 Å². The van der Waals surface area contributed by atoms with Gasteiger partial charge in [0.25, 0.3) is 0 Å². The Balaban J connectivity index is 1.34. The quantitative estimate of drug-likeness (QED) is 0.497. The van der Waals surface area contributed by atoms with Gasteiger partial charge in [0.2, 0.25) is 0 Å². The average Bonchev–Trinajstić information content (AvgIpc) is 3.29. The first-order chi connectivity index (χ1) is 16.8. The zero-order chi connectivity index (χ0) is 22.9. The first kappa shape index (κ1) is 21.2. The third kappa shape index (κ3) is 3.92. The van der Waals surface area contributed by atoms with Crippen LogP contribution in [0.2, 0.25) is 0 Å². The monoisotopic (exact) mass is 451 g/mol. The van der Waals surface area contributed by atoms with Crippen LogP contribution < -0.4 is 15.1 Å². The number of benzene rings is 1. The fourth-order valence-electron chi connectivity index (χ4n) is 5.42. The molecule has 0 spiro atoms. The maximum Gasteiger partial charge on any atom is 0.143 e. The van der Waals surface area contributed by atoms with Crippen molar-refractivity contribution in [3.63, 3.8) is 0 Å². The standard InChI is InChI=1S/C28H31N6/c1-21-24(8-5-13-30-21)26-20-34(23-11-14-29-15-12-23)28-25(26)9-10-27(31-28)33-18-16-32(17-19-33)22-6-3-2-4-7-22/h3-10,13,20,23,29H,11-12,14-19H2,1H3. The Morgan fingerprint density at radius 1 is 0.912 bits per heavy atom. The molecule has 0 amide bonds. The summed E-state index contributed by atoms with van der Waals surface area (Å²) in [6, 6.07) is 20.6. The Bertz CT molecular complexity index is 1270. The second-order valence-corrected chi connectivity index (χ2v) is 9.34. The minimum Gasteiger partial charge on any atom is -0.368 e. The van der Waals surface area contributed by atoms with E-state index < -0.39 is 0 Å². The maximum atomic E-state index is 5.27. The van der Waals surface area contributed by atoms with Crippen molar-refractivity contribution in [2.45, 2.75) is 25.8 Å². The van der Waals surface area contributed by atoms with Crippen LogP contribution in [-0.2, 0) is 0 Å². The third-order valence-electron chi connectivity index (χ3n) is 7.33. The lowest BCUT2D eigenvalue weighted by molar-refractivity contribution is 0.375. The lowest BCUT2D eigenvalue weighted by atomic mass is 10.0. The Kier molecular flexibility index (Phi) is 5.67. The topological polar surface area (TPSA) is 49.2 Å². The maximum absolute atomic E-state index is 5.27. The molecular formula is C28H31N6. The first-order valence-electron chi connectivity index (χ1n) is 12.4. The lowest BCUT2D eigenvalue weighted by Gasteiger charge is -2.36. The zero-order valence-electron chi connectivity index (χ0n) is 19.7. The van der Waals surface area contributed by atoms with E-state index in [-0.39, 0.29) is 0 Å². The predicted octanol–water partition coefficient (Wildman–Crippen LogP) is 4.46. The van der Waals surface area contributed by atoms with Crippen molar-refractivity contribution in [1.82, 2.24) is 19.9 Å². The Morgan fingerprint density at radius 3 is 2.44 bits per heavy atom. The van der Waals surface area contributed by atoms with Gasteiger partial charge in [-0.2, -0.15) is 0 Å². The molecule has 2 saturated heterocycles. The summed E-state index contributed by atoms with van der Waals surface area (Å²) < 4.78 is 2.44. The van der Waals surface area contributed by atoms with Gasteiger partial charge < -0.3 is 19.7 Å². The van der Waals surface area contributed by atoms with Gasteiger partial charge >= 0.3 is 0 Å².